The summed E-state index contributed by atoms with van der Waals surface area (Å²) in [6.45, 7) is 18.6. The van der Waals surface area contributed by atoms with Crippen molar-refractivity contribution < 1.29 is 24.5 Å². The molecule has 37 heavy (non-hydrogen) atoms. The Balaban J connectivity index is 1.63. The van der Waals surface area contributed by atoms with E-state index in [9.17, 15) is 19.8 Å². The lowest BCUT2D eigenvalue weighted by Crippen LogP contribution is -2.61. The lowest BCUT2D eigenvalue weighted by atomic mass is 9.40. The van der Waals surface area contributed by atoms with Gasteiger partial charge < -0.3 is 14.9 Å². The first-order valence-corrected chi connectivity index (χ1v) is 14.7. The van der Waals surface area contributed by atoms with Gasteiger partial charge in [-0.1, -0.05) is 47.1 Å². The second kappa shape index (κ2) is 9.18. The number of fused-ring (bicyclic) bond motifs is 5. The van der Waals surface area contributed by atoms with Crippen molar-refractivity contribution in [3.8, 4) is 0 Å². The first-order valence-electron chi connectivity index (χ1n) is 14.7. The van der Waals surface area contributed by atoms with E-state index in [2.05, 4.69) is 41.5 Å². The standard InChI is InChI=1S/C32H52O5/c1-19(10-11-25(35)29(5,6)36)21-12-16-32(9)23-18-24(34)27-28(3,4)26(37-20(2)33)14-15-30(27,7)22(23)13-17-31(21,32)8/h18-19,21-22,25-27,35-36H,10-17H2,1-9H3/t19-,21-,22-,25-,26-,27-,30+,31-,32+/m0/s1. The average molecular weight is 517 g/mol. The van der Waals surface area contributed by atoms with Gasteiger partial charge in [-0.15, -0.1) is 0 Å². The van der Waals surface area contributed by atoms with Crippen molar-refractivity contribution in [2.75, 3.05) is 0 Å². The molecule has 4 rings (SSSR count). The summed E-state index contributed by atoms with van der Waals surface area (Å²) in [5.74, 6) is 1.19. The Labute approximate surface area is 224 Å². The molecule has 2 N–H and O–H groups in total. The molecule has 0 spiro atoms. The summed E-state index contributed by atoms with van der Waals surface area (Å²) in [6, 6.07) is 0. The number of rotatable bonds is 6. The minimum absolute atomic E-state index is 0.00970. The van der Waals surface area contributed by atoms with Crippen molar-refractivity contribution in [1.29, 1.82) is 0 Å². The number of ether oxygens (including phenoxy) is 1. The number of esters is 1. The molecule has 3 saturated carbocycles. The molecular formula is C32H52O5. The molecule has 210 valence electrons. The first kappa shape index (κ1) is 28.8. The minimum atomic E-state index is -1.08. The van der Waals surface area contributed by atoms with Gasteiger partial charge >= 0.3 is 5.97 Å². The highest BCUT2D eigenvalue weighted by Gasteiger charge is 2.67. The van der Waals surface area contributed by atoms with Crippen molar-refractivity contribution in [3.05, 3.63) is 11.6 Å². The van der Waals surface area contributed by atoms with E-state index in [1.165, 1.54) is 12.5 Å². The predicted molar refractivity (Wildman–Crippen MR) is 146 cm³/mol. The number of aliphatic hydroxyl groups excluding tert-OH is 1. The number of ketones is 1. The van der Waals surface area contributed by atoms with Gasteiger partial charge in [0.05, 0.1) is 11.7 Å². The van der Waals surface area contributed by atoms with E-state index >= 15 is 0 Å². The van der Waals surface area contributed by atoms with Gasteiger partial charge in [0.1, 0.15) is 6.10 Å². The van der Waals surface area contributed by atoms with E-state index in [1.807, 2.05) is 6.08 Å². The van der Waals surface area contributed by atoms with Crippen LogP contribution in [0.15, 0.2) is 11.6 Å². The molecule has 0 saturated heterocycles. The lowest BCUT2D eigenvalue weighted by Gasteiger charge is -2.63. The Morgan fingerprint density at radius 1 is 1.08 bits per heavy atom. The summed E-state index contributed by atoms with van der Waals surface area (Å²) in [4.78, 5) is 25.8. The number of allylic oxidation sites excluding steroid dienone is 2. The fourth-order valence-corrected chi connectivity index (χ4v) is 9.92. The monoisotopic (exact) mass is 516 g/mol. The fraction of sp³-hybridized carbons (Fsp3) is 0.875. The van der Waals surface area contributed by atoms with Gasteiger partial charge in [-0.25, -0.2) is 0 Å². The largest absolute Gasteiger partial charge is 0.462 e. The highest BCUT2D eigenvalue weighted by molar-refractivity contribution is 5.95. The van der Waals surface area contributed by atoms with Crippen LogP contribution in [0.4, 0.5) is 0 Å². The zero-order valence-electron chi connectivity index (χ0n) is 24.8. The van der Waals surface area contributed by atoms with Crippen LogP contribution in [-0.2, 0) is 14.3 Å². The van der Waals surface area contributed by atoms with E-state index in [-0.39, 0.29) is 40.0 Å². The molecule has 0 amide bonds. The predicted octanol–water partition coefficient (Wildman–Crippen LogP) is 6.25. The van der Waals surface area contributed by atoms with Gasteiger partial charge in [0, 0.05) is 18.3 Å². The molecule has 0 aromatic carbocycles. The van der Waals surface area contributed by atoms with Crippen molar-refractivity contribution in [3.63, 3.8) is 0 Å². The molecule has 9 atom stereocenters. The van der Waals surface area contributed by atoms with Gasteiger partial charge in [-0.2, -0.15) is 0 Å². The van der Waals surface area contributed by atoms with Crippen LogP contribution in [0.1, 0.15) is 114 Å². The van der Waals surface area contributed by atoms with Gasteiger partial charge in [-0.3, -0.25) is 9.59 Å². The molecule has 4 aliphatic carbocycles. The van der Waals surface area contributed by atoms with Crippen molar-refractivity contribution in [1.82, 2.24) is 0 Å². The maximum Gasteiger partial charge on any atom is 0.302 e. The maximum atomic E-state index is 14.0. The summed E-state index contributed by atoms with van der Waals surface area (Å²) >= 11 is 0. The smallest absolute Gasteiger partial charge is 0.302 e. The highest BCUT2D eigenvalue weighted by atomic mass is 16.5. The number of aliphatic hydroxyl groups is 2. The minimum Gasteiger partial charge on any atom is -0.462 e. The van der Waals surface area contributed by atoms with E-state index in [0.717, 1.165) is 44.9 Å². The van der Waals surface area contributed by atoms with Gasteiger partial charge in [0.15, 0.2) is 5.78 Å². The molecule has 4 aliphatic rings. The van der Waals surface area contributed by atoms with Crippen LogP contribution in [0, 0.1) is 45.3 Å². The van der Waals surface area contributed by atoms with Gasteiger partial charge in [-0.05, 0) is 105 Å². The van der Waals surface area contributed by atoms with E-state index < -0.39 is 17.1 Å². The molecule has 5 heteroatoms. The molecule has 0 aromatic rings. The Morgan fingerprint density at radius 2 is 1.73 bits per heavy atom. The summed E-state index contributed by atoms with van der Waals surface area (Å²) in [7, 11) is 0. The Hall–Kier alpha value is -1.20. The average Bonchev–Trinajstić information content (AvgIpc) is 3.04. The Morgan fingerprint density at radius 3 is 2.32 bits per heavy atom. The van der Waals surface area contributed by atoms with Crippen LogP contribution < -0.4 is 0 Å². The fourth-order valence-electron chi connectivity index (χ4n) is 9.92. The highest BCUT2D eigenvalue weighted by Crippen LogP contribution is 2.73. The molecule has 0 unspecified atom stereocenters. The zero-order chi connectivity index (χ0) is 27.8. The summed E-state index contributed by atoms with van der Waals surface area (Å²) in [5.41, 5.74) is -0.0995. The summed E-state index contributed by atoms with van der Waals surface area (Å²) in [5, 5.41) is 20.6. The number of carbonyl (C=O) groups is 2. The first-order chi connectivity index (χ1) is 16.9. The van der Waals surface area contributed by atoms with E-state index in [1.54, 1.807) is 13.8 Å². The maximum absolute atomic E-state index is 14.0. The normalized spacial score (nSPS) is 42.7. The molecule has 3 fully saturated rings. The third-order valence-electron chi connectivity index (χ3n) is 12.3. The Bertz CT molecular complexity index is 959. The second-order valence-corrected chi connectivity index (χ2v) is 15.1. The van der Waals surface area contributed by atoms with Crippen LogP contribution in [-0.4, -0.2) is 39.8 Å². The van der Waals surface area contributed by atoms with Gasteiger partial charge in [0.25, 0.3) is 0 Å². The lowest BCUT2D eigenvalue weighted by molar-refractivity contribution is -0.178. The van der Waals surface area contributed by atoms with Crippen LogP contribution in [0.5, 0.6) is 0 Å². The van der Waals surface area contributed by atoms with Gasteiger partial charge in [0.2, 0.25) is 0 Å². The molecule has 0 bridgehead atoms. The Kier molecular flexibility index (Phi) is 7.15. The molecule has 5 nitrogen and oxygen atoms in total. The quantitative estimate of drug-likeness (QED) is 0.408. The third kappa shape index (κ3) is 4.35. The number of carbonyl (C=O) groups excluding carboxylic acids is 2. The van der Waals surface area contributed by atoms with Crippen LogP contribution in [0.3, 0.4) is 0 Å². The van der Waals surface area contributed by atoms with E-state index in [4.69, 9.17) is 4.74 Å². The number of hydrogen-bond donors (Lipinski definition) is 2. The third-order valence-corrected chi connectivity index (χ3v) is 12.3. The molecule has 0 radical (unpaired) electrons. The molecule has 0 aliphatic heterocycles. The summed E-state index contributed by atoms with van der Waals surface area (Å²) < 4.78 is 5.75. The molecule has 0 aromatic heterocycles. The van der Waals surface area contributed by atoms with Crippen LogP contribution in [0.25, 0.3) is 0 Å². The zero-order valence-corrected chi connectivity index (χ0v) is 24.8. The summed E-state index contributed by atoms with van der Waals surface area (Å²) in [6.07, 6.45) is 8.83. The molecule has 0 heterocycles. The van der Waals surface area contributed by atoms with Crippen LogP contribution >= 0.6 is 0 Å². The topological polar surface area (TPSA) is 83.8 Å². The van der Waals surface area contributed by atoms with Crippen LogP contribution in [0.2, 0.25) is 0 Å². The van der Waals surface area contributed by atoms with Crippen molar-refractivity contribution in [2.45, 2.75) is 131 Å². The second-order valence-electron chi connectivity index (χ2n) is 15.1. The van der Waals surface area contributed by atoms with E-state index in [0.29, 0.717) is 24.2 Å². The van der Waals surface area contributed by atoms with Crippen molar-refractivity contribution in [2.24, 2.45) is 45.3 Å². The van der Waals surface area contributed by atoms with Crippen molar-refractivity contribution >= 4 is 11.8 Å². The SMILES string of the molecule is CC(=O)O[C@H]1CC[C@]2(C)[C@H]3CC[C@@]4(C)[C@H]([C@@H](C)CC[C@H](O)C(C)(C)O)CC[C@]4(C)C3=CC(=O)[C@H]2C1(C)C. The molecular weight excluding hydrogens is 464 g/mol. The number of hydrogen-bond acceptors (Lipinski definition) is 5.